The number of benzene rings is 4. The number of hydrogen-bond donors (Lipinski definition) is 0. The van der Waals surface area contributed by atoms with E-state index in [1.165, 1.54) is 16.3 Å². The summed E-state index contributed by atoms with van der Waals surface area (Å²) in [6.45, 7) is 8.85. The van der Waals surface area contributed by atoms with E-state index in [-0.39, 0.29) is 5.91 Å². The van der Waals surface area contributed by atoms with Crippen molar-refractivity contribution in [1.29, 1.82) is 0 Å². The van der Waals surface area contributed by atoms with Crippen LogP contribution in [0.25, 0.3) is 43.3 Å². The van der Waals surface area contributed by atoms with Gasteiger partial charge in [-0.25, -0.2) is 4.98 Å². The van der Waals surface area contributed by atoms with E-state index >= 15 is 0 Å². The van der Waals surface area contributed by atoms with E-state index in [2.05, 4.69) is 42.4 Å². The van der Waals surface area contributed by atoms with E-state index < -0.39 is 0 Å². The molecule has 0 unspecified atom stereocenters. The number of aromatic nitrogens is 3. The monoisotopic (exact) mass is 689 g/mol. The highest BCUT2D eigenvalue weighted by Gasteiger charge is 2.18. The van der Waals surface area contributed by atoms with Crippen molar-refractivity contribution < 1.29 is 23.7 Å². The van der Waals surface area contributed by atoms with Gasteiger partial charge in [0, 0.05) is 23.6 Å². The molecule has 0 fully saturated rings. The minimum atomic E-state index is -0.180. The number of rotatable bonds is 14. The molecular weight excluding hydrogens is 647 g/mol. The molecule has 0 spiro atoms. The first-order valence-electron chi connectivity index (χ1n) is 16.9. The largest absolute Gasteiger partial charge is 0.496 e. The molecule has 4 aromatic carbocycles. The van der Waals surface area contributed by atoms with E-state index in [1.54, 1.807) is 25.6 Å². The zero-order valence-corrected chi connectivity index (χ0v) is 30.4. The quantitative estimate of drug-likeness (QED) is 0.105. The molecule has 8 nitrogen and oxygen atoms in total. The molecule has 0 aliphatic carbocycles. The van der Waals surface area contributed by atoms with Gasteiger partial charge in [-0.3, -0.25) is 4.79 Å². The van der Waals surface area contributed by atoms with Gasteiger partial charge in [0.2, 0.25) is 5.91 Å². The third kappa shape index (κ3) is 7.68. The van der Waals surface area contributed by atoms with Crippen molar-refractivity contribution in [2.45, 2.75) is 53.4 Å². The molecule has 0 N–H and O–H groups in total. The smallest absolute Gasteiger partial charge is 0.244 e. The maximum Gasteiger partial charge on any atom is 0.244 e. The van der Waals surface area contributed by atoms with Gasteiger partial charge in [-0.2, -0.15) is 9.78 Å². The van der Waals surface area contributed by atoms with E-state index in [1.807, 2.05) is 62.4 Å². The topological polar surface area (TPSA) is 84.7 Å². The Hall–Kier alpha value is -5.15. The highest BCUT2D eigenvalue weighted by atomic mass is 32.1. The third-order valence-corrected chi connectivity index (χ3v) is 9.97. The first-order chi connectivity index (χ1) is 24.2. The van der Waals surface area contributed by atoms with Gasteiger partial charge in [-0.1, -0.05) is 24.3 Å². The highest BCUT2D eigenvalue weighted by molar-refractivity contribution is 7.21. The summed E-state index contributed by atoms with van der Waals surface area (Å²) in [6, 6.07) is 26.2. The van der Waals surface area contributed by atoms with Crippen LogP contribution in [-0.4, -0.2) is 48.1 Å². The summed E-state index contributed by atoms with van der Waals surface area (Å²) in [5.74, 6) is 2.78. The summed E-state index contributed by atoms with van der Waals surface area (Å²) in [5, 5.41) is 5.67. The van der Waals surface area contributed by atoms with Crippen molar-refractivity contribution in [2.24, 2.45) is 0 Å². The van der Waals surface area contributed by atoms with Gasteiger partial charge in [-0.05, 0) is 118 Å². The number of hydrogen-bond acceptors (Lipinski definition) is 8. The summed E-state index contributed by atoms with van der Waals surface area (Å²) in [7, 11) is 3.29. The molecule has 0 aliphatic rings. The first-order valence-corrected chi connectivity index (χ1v) is 17.7. The number of fused-ring (bicyclic) bond motifs is 1. The zero-order chi connectivity index (χ0) is 35.2. The average Bonchev–Trinajstić information content (AvgIpc) is 3.77. The van der Waals surface area contributed by atoms with Crippen LogP contribution in [0, 0.1) is 20.8 Å². The van der Waals surface area contributed by atoms with Crippen LogP contribution in [0.2, 0.25) is 0 Å². The lowest BCUT2D eigenvalue weighted by molar-refractivity contribution is 0.0923. The minimum absolute atomic E-state index is 0.180. The van der Waals surface area contributed by atoms with Gasteiger partial charge < -0.3 is 18.9 Å². The molecule has 50 heavy (non-hydrogen) atoms. The summed E-state index contributed by atoms with van der Waals surface area (Å²) < 4.78 is 26.2. The number of aryl methyl sites for hydroxylation is 2. The van der Waals surface area contributed by atoms with Crippen LogP contribution in [0.5, 0.6) is 23.0 Å². The number of thiazole rings is 1. The Morgan fingerprint density at radius 3 is 2.10 bits per heavy atom. The molecule has 6 rings (SSSR count). The van der Waals surface area contributed by atoms with Crippen LogP contribution in [0.15, 0.2) is 78.9 Å². The molecule has 0 amide bonds. The van der Waals surface area contributed by atoms with Gasteiger partial charge in [0.05, 0.1) is 49.0 Å². The summed E-state index contributed by atoms with van der Waals surface area (Å²) in [4.78, 5) is 17.5. The van der Waals surface area contributed by atoms with Crippen molar-refractivity contribution in [2.75, 3.05) is 27.4 Å². The number of para-hydroxylation sites is 1. The third-order valence-electron chi connectivity index (χ3n) is 8.89. The van der Waals surface area contributed by atoms with E-state index in [4.69, 9.17) is 23.9 Å². The molecule has 0 radical (unpaired) electrons. The molecule has 2 heterocycles. The fraction of sp³-hybridized carbons (Fsp3) is 0.293. The molecule has 0 saturated carbocycles. The number of ether oxygens (including phenoxy) is 4. The van der Waals surface area contributed by atoms with Gasteiger partial charge in [0.25, 0.3) is 0 Å². The Bertz CT molecular complexity index is 2100. The van der Waals surface area contributed by atoms with Crippen LogP contribution < -0.4 is 18.9 Å². The van der Waals surface area contributed by atoms with Gasteiger partial charge in [0.1, 0.15) is 16.5 Å². The predicted molar refractivity (Wildman–Crippen MR) is 201 cm³/mol. The number of unbranched alkanes of at least 4 members (excludes halogenated alkanes) is 3. The zero-order valence-electron chi connectivity index (χ0n) is 29.5. The van der Waals surface area contributed by atoms with E-state index in [0.29, 0.717) is 36.1 Å². The standard InChI is InChI=1S/C41H43N3O5S/c1-26-15-16-31(41-42-33-13-9-10-14-40(33)50-41)23-37(26)48-19-11-7-8-12-20-49-39-22-30(17-18-36(39)46-5)35-25-34(43-44(35)29(4)45)32-21-27(2)28(3)38(24-32)47-6/h9-10,13-18,21-25H,7-8,11-12,19-20H2,1-6H3. The summed E-state index contributed by atoms with van der Waals surface area (Å²) >= 11 is 1.70. The highest BCUT2D eigenvalue weighted by Crippen LogP contribution is 2.36. The SMILES string of the molecule is COc1ccc(-c2cc(-c3cc(C)c(C)c(OC)c3)nn2C(C)=O)cc1OCCCCCCOc1cc(-c2nc3ccccc3s2)ccc1C. The predicted octanol–water partition coefficient (Wildman–Crippen LogP) is 10.1. The lowest BCUT2D eigenvalue weighted by Gasteiger charge is -2.13. The van der Waals surface area contributed by atoms with Crippen LogP contribution in [0.1, 0.15) is 54.1 Å². The van der Waals surface area contributed by atoms with Crippen LogP contribution in [-0.2, 0) is 0 Å². The van der Waals surface area contributed by atoms with E-state index in [0.717, 1.165) is 81.1 Å². The van der Waals surface area contributed by atoms with Crippen molar-refractivity contribution in [1.82, 2.24) is 14.8 Å². The number of carbonyl (C=O) groups excluding carboxylic acids is 1. The van der Waals surface area contributed by atoms with E-state index in [9.17, 15) is 4.79 Å². The van der Waals surface area contributed by atoms with Crippen molar-refractivity contribution in [3.8, 4) is 56.1 Å². The summed E-state index contributed by atoms with van der Waals surface area (Å²) in [6.07, 6.45) is 3.88. The van der Waals surface area contributed by atoms with Gasteiger partial charge >= 0.3 is 0 Å². The Balaban J connectivity index is 1.04. The fourth-order valence-corrected chi connectivity index (χ4v) is 6.87. The summed E-state index contributed by atoms with van der Waals surface area (Å²) in [5.41, 5.74) is 8.45. The van der Waals surface area contributed by atoms with Crippen molar-refractivity contribution in [3.63, 3.8) is 0 Å². The molecule has 0 saturated heterocycles. The molecule has 0 aliphatic heterocycles. The molecule has 6 aromatic rings. The lowest BCUT2D eigenvalue weighted by atomic mass is 10.0. The van der Waals surface area contributed by atoms with Crippen LogP contribution >= 0.6 is 11.3 Å². The molecule has 9 heteroatoms. The molecule has 258 valence electrons. The Morgan fingerprint density at radius 2 is 1.38 bits per heavy atom. The maximum absolute atomic E-state index is 12.7. The fourth-order valence-electron chi connectivity index (χ4n) is 5.91. The Kier molecular flexibility index (Phi) is 10.8. The number of methoxy groups -OCH3 is 2. The van der Waals surface area contributed by atoms with Gasteiger partial charge in [0.15, 0.2) is 11.5 Å². The second-order valence-electron chi connectivity index (χ2n) is 12.4. The molecule has 0 bridgehead atoms. The first kappa shape index (κ1) is 34.7. The lowest BCUT2D eigenvalue weighted by Crippen LogP contribution is -2.09. The number of nitrogens with zero attached hydrogens (tertiary/aromatic N) is 3. The van der Waals surface area contributed by atoms with Gasteiger partial charge in [-0.15, -0.1) is 11.3 Å². The normalized spacial score (nSPS) is 11.2. The van der Waals surface area contributed by atoms with Crippen molar-refractivity contribution in [3.05, 3.63) is 95.6 Å². The second-order valence-corrected chi connectivity index (χ2v) is 13.4. The molecule has 0 atom stereocenters. The number of carbonyl (C=O) groups is 1. The molecular formula is C41H43N3O5S. The maximum atomic E-state index is 12.7. The Morgan fingerprint density at radius 1 is 0.700 bits per heavy atom. The van der Waals surface area contributed by atoms with Crippen LogP contribution in [0.3, 0.4) is 0 Å². The minimum Gasteiger partial charge on any atom is -0.496 e. The Labute approximate surface area is 297 Å². The van der Waals surface area contributed by atoms with Crippen molar-refractivity contribution >= 4 is 27.5 Å². The van der Waals surface area contributed by atoms with Crippen LogP contribution in [0.4, 0.5) is 0 Å². The molecule has 2 aromatic heterocycles. The average molecular weight is 690 g/mol. The second kappa shape index (κ2) is 15.6.